The van der Waals surface area contributed by atoms with Gasteiger partial charge in [-0.25, -0.2) is 0 Å². The average molecular weight is 329 g/mol. The lowest BCUT2D eigenvalue weighted by atomic mass is 9.78. The number of hydrogen-bond donors (Lipinski definition) is 1. The number of amides is 1. The summed E-state index contributed by atoms with van der Waals surface area (Å²) in [6, 6.07) is 4.47. The zero-order chi connectivity index (χ0) is 17.0. The summed E-state index contributed by atoms with van der Waals surface area (Å²) in [6.45, 7) is 4.12. The van der Waals surface area contributed by atoms with Crippen molar-refractivity contribution in [2.45, 2.75) is 45.3 Å². The van der Waals surface area contributed by atoms with Gasteiger partial charge in [-0.15, -0.1) is 0 Å². The molecule has 0 unspecified atom stereocenters. The minimum absolute atomic E-state index is 0.141. The Labute approximate surface area is 134 Å². The molecule has 1 amide bonds. The van der Waals surface area contributed by atoms with Crippen LogP contribution in [0.25, 0.3) is 0 Å². The lowest BCUT2D eigenvalue weighted by Crippen LogP contribution is -2.45. The van der Waals surface area contributed by atoms with Crippen LogP contribution in [0.4, 0.5) is 13.2 Å². The molecule has 6 heteroatoms. The Morgan fingerprint density at radius 2 is 1.87 bits per heavy atom. The highest BCUT2D eigenvalue weighted by Gasteiger charge is 2.30. The third kappa shape index (κ3) is 4.88. The molecule has 1 aromatic rings. The number of nitrogens with one attached hydrogen (secondary N) is 1. The van der Waals surface area contributed by atoms with E-state index in [1.807, 2.05) is 0 Å². The van der Waals surface area contributed by atoms with Crippen LogP contribution in [0.1, 0.15) is 38.7 Å². The molecule has 0 saturated heterocycles. The topological polar surface area (TPSA) is 38.3 Å². The molecule has 1 aliphatic rings. The molecule has 1 saturated carbocycles. The SMILES string of the molecule is C[C@@H]1[C@H](C)CCC[C@H]1NC(=O)COc1ccc(C(F)(F)F)cc1. The van der Waals surface area contributed by atoms with Crippen LogP contribution in [-0.2, 0) is 11.0 Å². The lowest BCUT2D eigenvalue weighted by Gasteiger charge is -2.34. The van der Waals surface area contributed by atoms with Crippen molar-refractivity contribution in [3.8, 4) is 5.75 Å². The van der Waals surface area contributed by atoms with Crippen molar-refractivity contribution >= 4 is 5.91 Å². The summed E-state index contributed by atoms with van der Waals surface area (Å²) in [5.74, 6) is 0.998. The number of rotatable bonds is 4. The Kier molecular flexibility index (Phi) is 5.55. The molecular formula is C17H22F3NO2. The Hall–Kier alpha value is -1.72. The maximum Gasteiger partial charge on any atom is 0.416 e. The van der Waals surface area contributed by atoms with Crippen LogP contribution in [0.2, 0.25) is 0 Å². The van der Waals surface area contributed by atoms with E-state index in [0.29, 0.717) is 11.8 Å². The van der Waals surface area contributed by atoms with Crippen LogP contribution in [0.3, 0.4) is 0 Å². The van der Waals surface area contributed by atoms with E-state index in [9.17, 15) is 18.0 Å². The van der Waals surface area contributed by atoms with Crippen LogP contribution in [0.5, 0.6) is 5.75 Å². The van der Waals surface area contributed by atoms with E-state index >= 15 is 0 Å². The second kappa shape index (κ2) is 7.23. The summed E-state index contributed by atoms with van der Waals surface area (Å²) in [5, 5.41) is 2.96. The highest BCUT2D eigenvalue weighted by atomic mass is 19.4. The second-order valence-corrected chi connectivity index (χ2v) is 6.25. The van der Waals surface area contributed by atoms with Crippen molar-refractivity contribution in [1.29, 1.82) is 0 Å². The van der Waals surface area contributed by atoms with E-state index in [4.69, 9.17) is 4.74 Å². The molecule has 3 atom stereocenters. The third-order valence-corrected chi connectivity index (χ3v) is 4.60. The highest BCUT2D eigenvalue weighted by Crippen LogP contribution is 2.31. The number of benzene rings is 1. The van der Waals surface area contributed by atoms with E-state index in [1.54, 1.807) is 0 Å². The molecule has 0 bridgehead atoms. The monoisotopic (exact) mass is 329 g/mol. The smallest absolute Gasteiger partial charge is 0.416 e. The van der Waals surface area contributed by atoms with Crippen molar-refractivity contribution in [3.63, 3.8) is 0 Å². The van der Waals surface area contributed by atoms with Crippen molar-refractivity contribution < 1.29 is 22.7 Å². The molecule has 0 spiro atoms. The molecule has 128 valence electrons. The van der Waals surface area contributed by atoms with Gasteiger partial charge in [0.1, 0.15) is 5.75 Å². The van der Waals surface area contributed by atoms with E-state index < -0.39 is 11.7 Å². The van der Waals surface area contributed by atoms with Gasteiger partial charge in [0.2, 0.25) is 0 Å². The van der Waals surface area contributed by atoms with Gasteiger partial charge in [0.15, 0.2) is 6.61 Å². The maximum atomic E-state index is 12.5. The first-order chi connectivity index (χ1) is 10.8. The predicted molar refractivity (Wildman–Crippen MR) is 81.0 cm³/mol. The molecule has 2 rings (SSSR count). The fourth-order valence-corrected chi connectivity index (χ4v) is 2.92. The number of carbonyl (C=O) groups excluding carboxylic acids is 1. The van der Waals surface area contributed by atoms with Crippen LogP contribution in [0.15, 0.2) is 24.3 Å². The Morgan fingerprint density at radius 3 is 2.48 bits per heavy atom. The minimum Gasteiger partial charge on any atom is -0.484 e. The molecule has 1 N–H and O–H groups in total. The summed E-state index contributed by atoms with van der Waals surface area (Å²) in [6.07, 6.45) is -1.15. The molecule has 3 nitrogen and oxygen atoms in total. The van der Waals surface area contributed by atoms with Crippen LogP contribution in [-0.4, -0.2) is 18.6 Å². The van der Waals surface area contributed by atoms with Gasteiger partial charge in [-0.05, 0) is 42.5 Å². The van der Waals surface area contributed by atoms with E-state index in [1.165, 1.54) is 18.6 Å². The van der Waals surface area contributed by atoms with Crippen molar-refractivity contribution in [1.82, 2.24) is 5.32 Å². The van der Waals surface area contributed by atoms with Crippen LogP contribution in [0, 0.1) is 11.8 Å². The molecule has 1 fully saturated rings. The molecular weight excluding hydrogens is 307 g/mol. The van der Waals surface area contributed by atoms with E-state index in [-0.39, 0.29) is 24.3 Å². The molecule has 0 aliphatic heterocycles. The largest absolute Gasteiger partial charge is 0.484 e. The van der Waals surface area contributed by atoms with Gasteiger partial charge in [-0.3, -0.25) is 4.79 Å². The van der Waals surface area contributed by atoms with Gasteiger partial charge in [0, 0.05) is 6.04 Å². The average Bonchev–Trinajstić information content (AvgIpc) is 2.49. The normalized spacial score (nSPS) is 25.0. The molecule has 1 aliphatic carbocycles. The predicted octanol–water partition coefficient (Wildman–Crippen LogP) is 4.03. The summed E-state index contributed by atoms with van der Waals surface area (Å²) in [5.41, 5.74) is -0.737. The van der Waals surface area contributed by atoms with Gasteiger partial charge < -0.3 is 10.1 Å². The van der Waals surface area contributed by atoms with Crippen molar-refractivity contribution in [3.05, 3.63) is 29.8 Å². The number of carbonyl (C=O) groups is 1. The van der Waals surface area contributed by atoms with Gasteiger partial charge in [0.05, 0.1) is 5.56 Å². The first kappa shape index (κ1) is 17.6. The zero-order valence-corrected chi connectivity index (χ0v) is 13.3. The Bertz CT molecular complexity index is 528. The van der Waals surface area contributed by atoms with E-state index in [0.717, 1.165) is 25.0 Å². The quantitative estimate of drug-likeness (QED) is 0.906. The summed E-state index contributed by atoms with van der Waals surface area (Å²) in [4.78, 5) is 11.9. The second-order valence-electron chi connectivity index (χ2n) is 6.25. The highest BCUT2D eigenvalue weighted by molar-refractivity contribution is 5.77. The van der Waals surface area contributed by atoms with Gasteiger partial charge in [0.25, 0.3) is 5.91 Å². The Balaban J connectivity index is 1.82. The number of ether oxygens (including phenoxy) is 1. The first-order valence-corrected chi connectivity index (χ1v) is 7.87. The minimum atomic E-state index is -4.37. The molecule has 1 aromatic carbocycles. The number of halogens is 3. The summed E-state index contributed by atoms with van der Waals surface area (Å²) < 4.78 is 42.6. The van der Waals surface area contributed by atoms with Crippen LogP contribution < -0.4 is 10.1 Å². The fourth-order valence-electron chi connectivity index (χ4n) is 2.92. The number of hydrogen-bond acceptors (Lipinski definition) is 2. The van der Waals surface area contributed by atoms with E-state index in [2.05, 4.69) is 19.2 Å². The maximum absolute atomic E-state index is 12.5. The van der Waals surface area contributed by atoms with Gasteiger partial charge in [-0.2, -0.15) is 13.2 Å². The number of alkyl halides is 3. The Morgan fingerprint density at radius 1 is 1.22 bits per heavy atom. The van der Waals surface area contributed by atoms with Gasteiger partial charge in [-0.1, -0.05) is 26.7 Å². The zero-order valence-electron chi connectivity index (χ0n) is 13.3. The molecule has 23 heavy (non-hydrogen) atoms. The van der Waals surface area contributed by atoms with Gasteiger partial charge >= 0.3 is 6.18 Å². The standard InChI is InChI=1S/C17H22F3NO2/c1-11-4-3-5-15(12(11)2)21-16(22)10-23-14-8-6-13(7-9-14)17(18,19)20/h6-9,11-12,15H,3-5,10H2,1-2H3,(H,21,22)/t11-,12-,15-/m1/s1. The molecule has 0 radical (unpaired) electrons. The molecule has 0 aromatic heterocycles. The summed E-state index contributed by atoms with van der Waals surface area (Å²) >= 11 is 0. The first-order valence-electron chi connectivity index (χ1n) is 7.87. The summed E-state index contributed by atoms with van der Waals surface area (Å²) in [7, 11) is 0. The van der Waals surface area contributed by atoms with Crippen molar-refractivity contribution in [2.24, 2.45) is 11.8 Å². The third-order valence-electron chi connectivity index (χ3n) is 4.60. The lowest BCUT2D eigenvalue weighted by molar-refractivity contribution is -0.137. The van der Waals surface area contributed by atoms with Crippen LogP contribution >= 0.6 is 0 Å². The molecule has 0 heterocycles. The van der Waals surface area contributed by atoms with Crippen molar-refractivity contribution in [2.75, 3.05) is 6.61 Å². The fraction of sp³-hybridized carbons (Fsp3) is 0.588.